The molecule has 1 fully saturated rings. The predicted octanol–water partition coefficient (Wildman–Crippen LogP) is 2.27. The largest absolute Gasteiger partial charge is 0.374 e. The zero-order valence-electron chi connectivity index (χ0n) is 11.2. The van der Waals surface area contributed by atoms with Crippen LogP contribution < -0.4 is 5.32 Å². The molecule has 1 aliphatic rings. The lowest BCUT2D eigenvalue weighted by Crippen LogP contribution is -2.39. The summed E-state index contributed by atoms with van der Waals surface area (Å²) in [5.74, 6) is -2.35. The first-order chi connectivity index (χ1) is 10.0. The maximum atomic E-state index is 13.8. The van der Waals surface area contributed by atoms with Crippen molar-refractivity contribution in [3.8, 4) is 6.07 Å². The van der Waals surface area contributed by atoms with Crippen molar-refractivity contribution in [3.05, 3.63) is 33.9 Å². The summed E-state index contributed by atoms with van der Waals surface area (Å²) in [7, 11) is 0. The first-order valence-corrected chi connectivity index (χ1v) is 6.51. The number of halogens is 2. The van der Waals surface area contributed by atoms with E-state index in [2.05, 4.69) is 5.32 Å². The summed E-state index contributed by atoms with van der Waals surface area (Å²) in [5.41, 5.74) is -0.882. The molecule has 0 atom stereocenters. The zero-order chi connectivity index (χ0) is 15.4. The molecule has 0 saturated carbocycles. The lowest BCUT2D eigenvalue weighted by molar-refractivity contribution is -0.384. The van der Waals surface area contributed by atoms with Crippen LogP contribution in [-0.2, 0) is 0 Å². The number of rotatable bonds is 4. The van der Waals surface area contributed by atoms with Crippen LogP contribution in [0.25, 0.3) is 0 Å². The smallest absolute Gasteiger partial charge is 0.295 e. The molecule has 8 heteroatoms. The number of anilines is 1. The van der Waals surface area contributed by atoms with Crippen LogP contribution in [0.1, 0.15) is 12.8 Å². The lowest BCUT2D eigenvalue weighted by atomic mass is 10.0. The maximum Gasteiger partial charge on any atom is 0.295 e. The number of nitro groups is 1. The molecule has 1 heterocycles. The number of benzene rings is 1. The van der Waals surface area contributed by atoms with Crippen molar-refractivity contribution < 1.29 is 13.7 Å². The van der Waals surface area contributed by atoms with Crippen LogP contribution in [-0.4, -0.2) is 35.5 Å². The van der Waals surface area contributed by atoms with Crippen molar-refractivity contribution in [1.29, 1.82) is 5.26 Å². The Morgan fingerprint density at radius 2 is 2.10 bits per heavy atom. The van der Waals surface area contributed by atoms with Gasteiger partial charge < -0.3 is 5.32 Å². The van der Waals surface area contributed by atoms with Gasteiger partial charge in [0.15, 0.2) is 17.3 Å². The van der Waals surface area contributed by atoms with Crippen LogP contribution in [0.15, 0.2) is 12.1 Å². The fourth-order valence-electron chi connectivity index (χ4n) is 2.37. The fraction of sp³-hybridized carbons (Fsp3) is 0.462. The van der Waals surface area contributed by atoms with Gasteiger partial charge in [0.05, 0.1) is 17.5 Å². The monoisotopic (exact) mass is 296 g/mol. The first kappa shape index (κ1) is 15.1. The van der Waals surface area contributed by atoms with Gasteiger partial charge in [-0.2, -0.15) is 5.26 Å². The molecule has 0 bridgehead atoms. The standard InChI is InChI=1S/C13H14F2N4O2/c14-10-1-2-11(19(20)21)13(12(10)15)17-9-3-6-18(7-4-9)8-5-16/h1-2,9,17H,3-4,6-8H2. The summed E-state index contributed by atoms with van der Waals surface area (Å²) in [6, 6.07) is 3.56. The average molecular weight is 296 g/mol. The number of piperidine rings is 1. The van der Waals surface area contributed by atoms with E-state index in [0.29, 0.717) is 32.5 Å². The number of hydrogen-bond donors (Lipinski definition) is 1. The Morgan fingerprint density at radius 1 is 1.43 bits per heavy atom. The molecule has 2 rings (SSSR count). The van der Waals surface area contributed by atoms with E-state index in [1.54, 1.807) is 0 Å². The van der Waals surface area contributed by atoms with Crippen LogP contribution in [0.2, 0.25) is 0 Å². The van der Waals surface area contributed by atoms with E-state index in [9.17, 15) is 18.9 Å². The zero-order valence-corrected chi connectivity index (χ0v) is 11.2. The van der Waals surface area contributed by atoms with Crippen molar-refractivity contribution in [1.82, 2.24) is 4.90 Å². The Balaban J connectivity index is 2.12. The van der Waals surface area contributed by atoms with Crippen LogP contribution in [0, 0.1) is 33.1 Å². The molecule has 112 valence electrons. The lowest BCUT2D eigenvalue weighted by Gasteiger charge is -2.31. The third-order valence-electron chi connectivity index (χ3n) is 3.50. The topological polar surface area (TPSA) is 82.2 Å². The van der Waals surface area contributed by atoms with Crippen LogP contribution in [0.3, 0.4) is 0 Å². The highest BCUT2D eigenvalue weighted by atomic mass is 19.2. The van der Waals surface area contributed by atoms with Gasteiger partial charge in [0.25, 0.3) is 5.69 Å². The predicted molar refractivity (Wildman–Crippen MR) is 71.7 cm³/mol. The summed E-state index contributed by atoms with van der Waals surface area (Å²) >= 11 is 0. The first-order valence-electron chi connectivity index (χ1n) is 6.51. The van der Waals surface area contributed by atoms with E-state index >= 15 is 0 Å². The maximum absolute atomic E-state index is 13.8. The number of nitro benzene ring substituents is 1. The molecule has 0 radical (unpaired) electrons. The second kappa shape index (κ2) is 6.45. The Bertz CT molecular complexity index is 580. The normalized spacial score (nSPS) is 16.4. The molecule has 1 N–H and O–H groups in total. The summed E-state index contributed by atoms with van der Waals surface area (Å²) in [6.45, 7) is 1.59. The molecule has 6 nitrogen and oxygen atoms in total. The molecule has 0 amide bonds. The van der Waals surface area contributed by atoms with Gasteiger partial charge in [-0.25, -0.2) is 8.78 Å². The molecule has 1 saturated heterocycles. The van der Waals surface area contributed by atoms with Gasteiger partial charge >= 0.3 is 0 Å². The third kappa shape index (κ3) is 3.44. The number of hydrogen-bond acceptors (Lipinski definition) is 5. The Morgan fingerprint density at radius 3 is 2.67 bits per heavy atom. The van der Waals surface area contributed by atoms with Crippen molar-refractivity contribution in [2.75, 3.05) is 25.0 Å². The van der Waals surface area contributed by atoms with E-state index in [-0.39, 0.29) is 6.04 Å². The third-order valence-corrected chi connectivity index (χ3v) is 3.50. The number of nitrogens with zero attached hydrogens (tertiary/aromatic N) is 3. The highest BCUT2D eigenvalue weighted by Gasteiger charge is 2.26. The fourth-order valence-corrected chi connectivity index (χ4v) is 2.37. The highest BCUT2D eigenvalue weighted by Crippen LogP contribution is 2.31. The van der Waals surface area contributed by atoms with Gasteiger partial charge in [0, 0.05) is 25.2 Å². The van der Waals surface area contributed by atoms with Gasteiger partial charge in [-0.1, -0.05) is 0 Å². The summed E-state index contributed by atoms with van der Waals surface area (Å²) in [6.07, 6.45) is 1.21. The second-order valence-electron chi connectivity index (χ2n) is 4.87. The average Bonchev–Trinajstić information content (AvgIpc) is 2.46. The minimum atomic E-state index is -1.23. The molecular weight excluding hydrogens is 282 g/mol. The molecule has 0 aliphatic carbocycles. The summed E-state index contributed by atoms with van der Waals surface area (Å²) in [4.78, 5) is 12.1. The Labute approximate surface area is 120 Å². The van der Waals surface area contributed by atoms with E-state index in [1.165, 1.54) is 0 Å². The van der Waals surface area contributed by atoms with Gasteiger partial charge in [0.1, 0.15) is 0 Å². The molecule has 1 aliphatic heterocycles. The highest BCUT2D eigenvalue weighted by molar-refractivity contribution is 5.63. The minimum Gasteiger partial charge on any atom is -0.374 e. The van der Waals surface area contributed by atoms with Crippen LogP contribution >= 0.6 is 0 Å². The number of nitrogens with one attached hydrogen (secondary N) is 1. The molecule has 0 spiro atoms. The van der Waals surface area contributed by atoms with Gasteiger partial charge in [0.2, 0.25) is 0 Å². The second-order valence-corrected chi connectivity index (χ2v) is 4.87. The molecule has 21 heavy (non-hydrogen) atoms. The Hall–Kier alpha value is -2.27. The van der Waals surface area contributed by atoms with Gasteiger partial charge in [-0.05, 0) is 18.9 Å². The van der Waals surface area contributed by atoms with Crippen molar-refractivity contribution in [2.45, 2.75) is 18.9 Å². The van der Waals surface area contributed by atoms with E-state index < -0.39 is 27.9 Å². The summed E-state index contributed by atoms with van der Waals surface area (Å²) in [5, 5.41) is 22.2. The van der Waals surface area contributed by atoms with Crippen LogP contribution in [0.4, 0.5) is 20.2 Å². The molecule has 1 aromatic carbocycles. The van der Waals surface area contributed by atoms with Crippen LogP contribution in [0.5, 0.6) is 0 Å². The van der Waals surface area contributed by atoms with E-state index in [4.69, 9.17) is 5.26 Å². The minimum absolute atomic E-state index is 0.185. The van der Waals surface area contributed by atoms with E-state index in [0.717, 1.165) is 12.1 Å². The van der Waals surface area contributed by atoms with Gasteiger partial charge in [-0.3, -0.25) is 15.0 Å². The quantitative estimate of drug-likeness (QED) is 0.523. The number of nitriles is 1. The van der Waals surface area contributed by atoms with Crippen molar-refractivity contribution in [2.24, 2.45) is 0 Å². The van der Waals surface area contributed by atoms with Crippen molar-refractivity contribution >= 4 is 11.4 Å². The molecule has 0 unspecified atom stereocenters. The number of likely N-dealkylation sites (tertiary alicyclic amines) is 1. The summed E-state index contributed by atoms with van der Waals surface area (Å²) < 4.78 is 27.0. The van der Waals surface area contributed by atoms with E-state index in [1.807, 2.05) is 11.0 Å². The SMILES string of the molecule is N#CCN1CCC(Nc2c([N+](=O)[O-])ccc(F)c2F)CC1. The molecular formula is C13H14F2N4O2. The van der Waals surface area contributed by atoms with Crippen molar-refractivity contribution in [3.63, 3.8) is 0 Å². The molecule has 0 aromatic heterocycles. The Kier molecular flexibility index (Phi) is 4.65. The van der Waals surface area contributed by atoms with Gasteiger partial charge in [-0.15, -0.1) is 0 Å². The molecule has 1 aromatic rings.